The highest BCUT2D eigenvalue weighted by atomic mass is 16.5. The third kappa shape index (κ3) is 3.92. The smallest absolute Gasteiger partial charge is 0.332 e. The van der Waals surface area contributed by atoms with Crippen molar-refractivity contribution in [2.24, 2.45) is 5.41 Å². The molecule has 7 nitrogen and oxygen atoms in total. The van der Waals surface area contributed by atoms with Crippen LogP contribution in [0.5, 0.6) is 0 Å². The van der Waals surface area contributed by atoms with Crippen LogP contribution in [-0.4, -0.2) is 48.7 Å². The van der Waals surface area contributed by atoms with Gasteiger partial charge >= 0.3 is 5.97 Å². The fourth-order valence-electron chi connectivity index (χ4n) is 1.85. The lowest BCUT2D eigenvalue weighted by atomic mass is 9.92. The number of carboxylic acid groups (broad SMARTS) is 1. The van der Waals surface area contributed by atoms with Crippen LogP contribution in [0.25, 0.3) is 0 Å². The number of hydrogen-bond donors (Lipinski definition) is 3. The van der Waals surface area contributed by atoms with Gasteiger partial charge in [-0.05, 0) is 26.7 Å². The molecule has 2 unspecified atom stereocenters. The number of carbonyl (C=O) groups excluding carboxylic acids is 2. The average molecular weight is 272 g/mol. The van der Waals surface area contributed by atoms with Gasteiger partial charge < -0.3 is 20.5 Å². The standard InChI is InChI=1S/C12H20N2O5/c1-12(2,11(18)13-3)6-14-9(15)7-4-5-8(19-7)10(16)17/h7-8H,4-6H2,1-3H3,(H,13,18)(H,14,15)(H,16,17). The Balaban J connectivity index is 2.45. The van der Waals surface area contributed by atoms with Crippen LogP contribution in [0, 0.1) is 5.41 Å². The van der Waals surface area contributed by atoms with Crippen molar-refractivity contribution in [2.45, 2.75) is 38.9 Å². The first-order chi connectivity index (χ1) is 8.77. The summed E-state index contributed by atoms with van der Waals surface area (Å²) in [5.74, 6) is -1.61. The minimum absolute atomic E-state index is 0.170. The van der Waals surface area contributed by atoms with Gasteiger partial charge in [-0.25, -0.2) is 4.79 Å². The highest BCUT2D eigenvalue weighted by Gasteiger charge is 2.35. The van der Waals surface area contributed by atoms with E-state index in [1.165, 1.54) is 7.05 Å². The maximum atomic E-state index is 11.8. The lowest BCUT2D eigenvalue weighted by Crippen LogP contribution is -2.46. The van der Waals surface area contributed by atoms with Gasteiger partial charge in [0.2, 0.25) is 11.8 Å². The molecule has 0 bridgehead atoms. The first-order valence-corrected chi connectivity index (χ1v) is 6.16. The molecule has 0 aromatic heterocycles. The van der Waals surface area contributed by atoms with Gasteiger partial charge in [-0.1, -0.05) is 0 Å². The summed E-state index contributed by atoms with van der Waals surface area (Å²) in [6, 6.07) is 0. The predicted octanol–water partition coefficient (Wildman–Crippen LogP) is -0.493. The maximum absolute atomic E-state index is 11.8. The van der Waals surface area contributed by atoms with E-state index >= 15 is 0 Å². The molecule has 3 N–H and O–H groups in total. The first kappa shape index (κ1) is 15.4. The molecule has 1 fully saturated rings. The minimum Gasteiger partial charge on any atom is -0.479 e. The molecule has 0 radical (unpaired) electrons. The van der Waals surface area contributed by atoms with E-state index in [0.717, 1.165) is 0 Å². The molecule has 1 saturated heterocycles. The second kappa shape index (κ2) is 6.01. The Kier molecular flexibility index (Phi) is 4.88. The first-order valence-electron chi connectivity index (χ1n) is 6.16. The number of carbonyl (C=O) groups is 3. The normalized spacial score (nSPS) is 22.9. The Hall–Kier alpha value is -1.63. The molecule has 2 amide bonds. The third-order valence-corrected chi connectivity index (χ3v) is 3.13. The minimum atomic E-state index is -1.05. The van der Waals surface area contributed by atoms with E-state index in [2.05, 4.69) is 10.6 Å². The average Bonchev–Trinajstić information content (AvgIpc) is 2.84. The Morgan fingerprint density at radius 1 is 1.26 bits per heavy atom. The number of amides is 2. The molecule has 108 valence electrons. The largest absolute Gasteiger partial charge is 0.479 e. The van der Waals surface area contributed by atoms with E-state index < -0.39 is 23.6 Å². The van der Waals surface area contributed by atoms with Gasteiger partial charge in [-0.15, -0.1) is 0 Å². The molecule has 0 aromatic rings. The number of aliphatic carboxylic acids is 1. The molecular weight excluding hydrogens is 252 g/mol. The van der Waals surface area contributed by atoms with Crippen molar-refractivity contribution in [2.75, 3.05) is 13.6 Å². The molecule has 19 heavy (non-hydrogen) atoms. The summed E-state index contributed by atoms with van der Waals surface area (Å²) < 4.78 is 5.12. The van der Waals surface area contributed by atoms with Crippen LogP contribution in [0.4, 0.5) is 0 Å². The summed E-state index contributed by atoms with van der Waals surface area (Å²) in [6.07, 6.45) is -0.959. The summed E-state index contributed by atoms with van der Waals surface area (Å²) in [6.45, 7) is 3.59. The van der Waals surface area contributed by atoms with E-state index in [1.54, 1.807) is 13.8 Å². The van der Waals surface area contributed by atoms with Crippen molar-refractivity contribution >= 4 is 17.8 Å². The molecule has 1 aliphatic rings. The molecule has 1 heterocycles. The number of ether oxygens (including phenoxy) is 1. The fourth-order valence-corrected chi connectivity index (χ4v) is 1.85. The second-order valence-electron chi connectivity index (χ2n) is 5.21. The van der Waals surface area contributed by atoms with Gasteiger partial charge in [0.25, 0.3) is 0 Å². The zero-order chi connectivity index (χ0) is 14.6. The van der Waals surface area contributed by atoms with E-state index in [1.807, 2.05) is 0 Å². The monoisotopic (exact) mass is 272 g/mol. The van der Waals surface area contributed by atoms with Crippen LogP contribution >= 0.6 is 0 Å². The number of nitrogens with one attached hydrogen (secondary N) is 2. The van der Waals surface area contributed by atoms with Crippen LogP contribution in [-0.2, 0) is 19.1 Å². The molecule has 0 saturated carbocycles. The Morgan fingerprint density at radius 2 is 1.84 bits per heavy atom. The molecule has 7 heteroatoms. The number of carboxylic acids is 1. The summed E-state index contributed by atoms with van der Waals surface area (Å²) in [5.41, 5.74) is -0.727. The highest BCUT2D eigenvalue weighted by Crippen LogP contribution is 2.20. The maximum Gasteiger partial charge on any atom is 0.332 e. The van der Waals surface area contributed by atoms with Crippen LogP contribution < -0.4 is 10.6 Å². The summed E-state index contributed by atoms with van der Waals surface area (Å²) >= 11 is 0. The van der Waals surface area contributed by atoms with Gasteiger partial charge in [-0.3, -0.25) is 9.59 Å². The van der Waals surface area contributed by atoms with Crippen molar-refractivity contribution in [1.29, 1.82) is 0 Å². The SMILES string of the molecule is CNC(=O)C(C)(C)CNC(=O)C1CCC(C(=O)O)O1. The van der Waals surface area contributed by atoms with Gasteiger partial charge in [-0.2, -0.15) is 0 Å². The lowest BCUT2D eigenvalue weighted by molar-refractivity contribution is -0.151. The lowest BCUT2D eigenvalue weighted by Gasteiger charge is -2.23. The number of hydrogen-bond acceptors (Lipinski definition) is 4. The van der Waals surface area contributed by atoms with Gasteiger partial charge in [0.15, 0.2) is 6.10 Å². The molecule has 0 aromatic carbocycles. The van der Waals surface area contributed by atoms with Crippen molar-refractivity contribution < 1.29 is 24.2 Å². The van der Waals surface area contributed by atoms with Crippen LogP contribution in [0.1, 0.15) is 26.7 Å². The topological polar surface area (TPSA) is 105 Å². The summed E-state index contributed by atoms with van der Waals surface area (Å²) in [5, 5.41) is 13.9. The summed E-state index contributed by atoms with van der Waals surface area (Å²) in [7, 11) is 1.53. The Morgan fingerprint density at radius 3 is 2.32 bits per heavy atom. The van der Waals surface area contributed by atoms with E-state index in [9.17, 15) is 14.4 Å². The highest BCUT2D eigenvalue weighted by molar-refractivity contribution is 5.85. The molecule has 1 aliphatic heterocycles. The van der Waals surface area contributed by atoms with Crippen molar-refractivity contribution in [3.8, 4) is 0 Å². The van der Waals surface area contributed by atoms with E-state index in [4.69, 9.17) is 9.84 Å². The van der Waals surface area contributed by atoms with E-state index in [0.29, 0.717) is 12.8 Å². The molecular formula is C12H20N2O5. The molecule has 0 aliphatic carbocycles. The summed E-state index contributed by atoms with van der Waals surface area (Å²) in [4.78, 5) is 34.1. The fraction of sp³-hybridized carbons (Fsp3) is 0.750. The van der Waals surface area contributed by atoms with Gasteiger partial charge in [0, 0.05) is 13.6 Å². The Labute approximate surface area is 111 Å². The van der Waals surface area contributed by atoms with Gasteiger partial charge in [0.1, 0.15) is 6.10 Å². The van der Waals surface area contributed by atoms with E-state index in [-0.39, 0.29) is 18.4 Å². The van der Waals surface area contributed by atoms with Gasteiger partial charge in [0.05, 0.1) is 5.41 Å². The predicted molar refractivity (Wildman–Crippen MR) is 66.4 cm³/mol. The zero-order valence-electron chi connectivity index (χ0n) is 11.4. The number of rotatable bonds is 5. The van der Waals surface area contributed by atoms with Crippen LogP contribution in [0.15, 0.2) is 0 Å². The molecule has 2 atom stereocenters. The van der Waals surface area contributed by atoms with Crippen LogP contribution in [0.2, 0.25) is 0 Å². The zero-order valence-corrected chi connectivity index (χ0v) is 11.4. The van der Waals surface area contributed by atoms with Crippen molar-refractivity contribution in [3.05, 3.63) is 0 Å². The second-order valence-corrected chi connectivity index (χ2v) is 5.21. The Bertz CT molecular complexity index is 380. The van der Waals surface area contributed by atoms with Crippen molar-refractivity contribution in [3.63, 3.8) is 0 Å². The van der Waals surface area contributed by atoms with Crippen LogP contribution in [0.3, 0.4) is 0 Å². The third-order valence-electron chi connectivity index (χ3n) is 3.13. The molecule has 1 rings (SSSR count). The molecule has 0 spiro atoms. The quantitative estimate of drug-likeness (QED) is 0.626. The van der Waals surface area contributed by atoms with Crippen molar-refractivity contribution in [1.82, 2.24) is 10.6 Å².